The molecule has 0 bridgehead atoms. The van der Waals surface area contributed by atoms with Gasteiger partial charge in [0.05, 0.1) is 12.3 Å². The second-order valence-electron chi connectivity index (χ2n) is 3.44. The van der Waals surface area contributed by atoms with E-state index in [9.17, 15) is 0 Å². The van der Waals surface area contributed by atoms with Crippen LogP contribution in [0.1, 0.15) is 12.1 Å². The summed E-state index contributed by atoms with van der Waals surface area (Å²) < 4.78 is 20.6. The van der Waals surface area contributed by atoms with Gasteiger partial charge in [-0.2, -0.15) is 4.98 Å². The number of hydrogen-bond donors (Lipinski definition) is 1. The minimum atomic E-state index is 0.288. The van der Waals surface area contributed by atoms with Gasteiger partial charge >= 0.3 is 6.08 Å². The molecule has 6 heteroatoms. The molecule has 0 fully saturated rings. The SMILES string of the molecule is CNCc1coc(OCCOCCCOC)n1. The normalized spacial score (nSPS) is 10.7. The Bertz CT molecular complexity index is 291. The van der Waals surface area contributed by atoms with Crippen LogP contribution in [0.3, 0.4) is 0 Å². The van der Waals surface area contributed by atoms with Gasteiger partial charge in [-0.15, -0.1) is 0 Å². The van der Waals surface area contributed by atoms with Gasteiger partial charge in [-0.05, 0) is 13.5 Å². The van der Waals surface area contributed by atoms with Gasteiger partial charge in [-0.3, -0.25) is 0 Å². The van der Waals surface area contributed by atoms with Crippen molar-refractivity contribution in [1.29, 1.82) is 0 Å². The monoisotopic (exact) mass is 244 g/mol. The van der Waals surface area contributed by atoms with Crippen molar-refractivity contribution in [2.75, 3.05) is 40.6 Å². The van der Waals surface area contributed by atoms with E-state index in [1.54, 1.807) is 13.4 Å². The molecule has 1 heterocycles. The molecule has 1 aromatic rings. The molecule has 0 amide bonds. The summed E-state index contributed by atoms with van der Waals surface area (Å²) in [6, 6.07) is 0. The summed E-state index contributed by atoms with van der Waals surface area (Å²) in [6.45, 7) is 3.02. The summed E-state index contributed by atoms with van der Waals surface area (Å²) in [5, 5.41) is 2.98. The van der Waals surface area contributed by atoms with Crippen molar-refractivity contribution in [1.82, 2.24) is 10.3 Å². The van der Waals surface area contributed by atoms with Crippen LogP contribution >= 0.6 is 0 Å². The summed E-state index contributed by atoms with van der Waals surface area (Å²) in [5.41, 5.74) is 0.823. The Kier molecular flexibility index (Phi) is 7.37. The Morgan fingerprint density at radius 3 is 2.94 bits per heavy atom. The maximum Gasteiger partial charge on any atom is 0.393 e. The molecule has 0 saturated carbocycles. The van der Waals surface area contributed by atoms with Crippen LogP contribution in [0, 0.1) is 0 Å². The van der Waals surface area contributed by atoms with E-state index in [-0.39, 0.29) is 6.08 Å². The highest BCUT2D eigenvalue weighted by Gasteiger charge is 2.03. The first-order valence-electron chi connectivity index (χ1n) is 5.65. The lowest BCUT2D eigenvalue weighted by Crippen LogP contribution is -2.09. The highest BCUT2D eigenvalue weighted by Crippen LogP contribution is 2.09. The fraction of sp³-hybridized carbons (Fsp3) is 0.727. The Hall–Kier alpha value is -1.11. The van der Waals surface area contributed by atoms with Gasteiger partial charge in [0.25, 0.3) is 0 Å². The molecule has 0 aromatic carbocycles. The Balaban J connectivity index is 2.01. The van der Waals surface area contributed by atoms with E-state index in [1.807, 2.05) is 7.05 Å². The van der Waals surface area contributed by atoms with E-state index in [0.29, 0.717) is 33.0 Å². The molecule has 1 aromatic heterocycles. The van der Waals surface area contributed by atoms with E-state index in [2.05, 4.69) is 10.3 Å². The van der Waals surface area contributed by atoms with Crippen LogP contribution in [0.5, 0.6) is 6.08 Å². The molecular formula is C11H20N2O4. The molecule has 0 spiro atoms. The van der Waals surface area contributed by atoms with Gasteiger partial charge in [0, 0.05) is 26.9 Å². The Morgan fingerprint density at radius 2 is 2.18 bits per heavy atom. The molecule has 6 nitrogen and oxygen atoms in total. The summed E-state index contributed by atoms with van der Waals surface area (Å²) in [6.07, 6.45) is 2.75. The van der Waals surface area contributed by atoms with Crippen LogP contribution in [-0.2, 0) is 16.0 Å². The summed E-state index contributed by atoms with van der Waals surface area (Å²) >= 11 is 0. The smallest absolute Gasteiger partial charge is 0.393 e. The van der Waals surface area contributed by atoms with Crippen LogP contribution < -0.4 is 10.1 Å². The number of ether oxygens (including phenoxy) is 3. The molecule has 0 aliphatic carbocycles. The topological polar surface area (TPSA) is 65.8 Å². The lowest BCUT2D eigenvalue weighted by molar-refractivity contribution is 0.0724. The molecule has 0 unspecified atom stereocenters. The van der Waals surface area contributed by atoms with E-state index in [4.69, 9.17) is 18.6 Å². The minimum absolute atomic E-state index is 0.288. The third kappa shape index (κ3) is 6.25. The average molecular weight is 244 g/mol. The molecule has 1 N–H and O–H groups in total. The van der Waals surface area contributed by atoms with Crippen molar-refractivity contribution in [3.8, 4) is 6.08 Å². The number of rotatable bonds is 10. The van der Waals surface area contributed by atoms with E-state index in [1.165, 1.54) is 0 Å². The molecule has 98 valence electrons. The van der Waals surface area contributed by atoms with Gasteiger partial charge in [0.1, 0.15) is 12.9 Å². The second-order valence-corrected chi connectivity index (χ2v) is 3.44. The third-order valence-corrected chi connectivity index (χ3v) is 1.98. The van der Waals surface area contributed by atoms with Gasteiger partial charge in [0.15, 0.2) is 0 Å². The standard InChI is InChI=1S/C11H20N2O4/c1-12-8-10-9-17-11(13-10)16-7-6-15-5-3-4-14-2/h9,12H,3-8H2,1-2H3. The predicted molar refractivity (Wildman–Crippen MR) is 62.1 cm³/mol. The largest absolute Gasteiger partial charge is 0.448 e. The van der Waals surface area contributed by atoms with Gasteiger partial charge in [-0.1, -0.05) is 0 Å². The first-order valence-corrected chi connectivity index (χ1v) is 5.65. The second kappa shape index (κ2) is 8.98. The predicted octanol–water partition coefficient (Wildman–Crippen LogP) is 0.826. The van der Waals surface area contributed by atoms with E-state index in [0.717, 1.165) is 12.1 Å². The maximum absolute atomic E-state index is 5.32. The molecule has 0 radical (unpaired) electrons. The zero-order valence-electron chi connectivity index (χ0n) is 10.4. The van der Waals surface area contributed by atoms with Gasteiger partial charge in [0.2, 0.25) is 0 Å². The maximum atomic E-state index is 5.32. The lowest BCUT2D eigenvalue weighted by atomic mass is 10.5. The third-order valence-electron chi connectivity index (χ3n) is 1.98. The number of oxazole rings is 1. The van der Waals surface area contributed by atoms with Crippen LogP contribution in [0.15, 0.2) is 10.7 Å². The Morgan fingerprint density at radius 1 is 1.29 bits per heavy atom. The summed E-state index contributed by atoms with van der Waals surface area (Å²) in [7, 11) is 3.53. The first-order chi connectivity index (χ1) is 8.36. The van der Waals surface area contributed by atoms with Crippen molar-refractivity contribution < 1.29 is 18.6 Å². The number of methoxy groups -OCH3 is 1. The number of nitrogens with zero attached hydrogens (tertiary/aromatic N) is 1. The molecule has 0 atom stereocenters. The minimum Gasteiger partial charge on any atom is -0.448 e. The zero-order valence-corrected chi connectivity index (χ0v) is 10.4. The number of hydrogen-bond acceptors (Lipinski definition) is 6. The Labute approximate surface area is 101 Å². The fourth-order valence-electron chi connectivity index (χ4n) is 1.21. The van der Waals surface area contributed by atoms with Crippen molar-refractivity contribution in [2.24, 2.45) is 0 Å². The highest BCUT2D eigenvalue weighted by atomic mass is 16.6. The summed E-state index contributed by atoms with van der Waals surface area (Å²) in [5.74, 6) is 0. The quantitative estimate of drug-likeness (QED) is 0.615. The fourth-order valence-corrected chi connectivity index (χ4v) is 1.21. The molecule has 1 rings (SSSR count). The van der Waals surface area contributed by atoms with Crippen LogP contribution in [-0.4, -0.2) is 45.6 Å². The van der Waals surface area contributed by atoms with Crippen LogP contribution in [0.2, 0.25) is 0 Å². The van der Waals surface area contributed by atoms with Crippen molar-refractivity contribution in [3.05, 3.63) is 12.0 Å². The van der Waals surface area contributed by atoms with Crippen LogP contribution in [0.4, 0.5) is 0 Å². The number of aromatic nitrogens is 1. The first kappa shape index (κ1) is 14.0. The lowest BCUT2D eigenvalue weighted by Gasteiger charge is -2.03. The van der Waals surface area contributed by atoms with Crippen molar-refractivity contribution in [3.63, 3.8) is 0 Å². The van der Waals surface area contributed by atoms with Gasteiger partial charge < -0.3 is 23.9 Å². The molecule has 0 aliphatic rings. The molecule has 0 aliphatic heterocycles. The van der Waals surface area contributed by atoms with Crippen molar-refractivity contribution in [2.45, 2.75) is 13.0 Å². The van der Waals surface area contributed by atoms with E-state index < -0.39 is 0 Å². The molecular weight excluding hydrogens is 224 g/mol. The summed E-state index contributed by atoms with van der Waals surface area (Å²) in [4.78, 5) is 4.12. The van der Waals surface area contributed by atoms with Gasteiger partial charge in [-0.25, -0.2) is 0 Å². The highest BCUT2D eigenvalue weighted by molar-refractivity contribution is 4.99. The molecule has 17 heavy (non-hydrogen) atoms. The average Bonchev–Trinajstić information content (AvgIpc) is 2.76. The number of nitrogens with one attached hydrogen (secondary N) is 1. The van der Waals surface area contributed by atoms with Crippen LogP contribution in [0.25, 0.3) is 0 Å². The molecule has 0 saturated heterocycles. The zero-order chi connectivity index (χ0) is 12.3. The van der Waals surface area contributed by atoms with E-state index >= 15 is 0 Å². The van der Waals surface area contributed by atoms with Crippen molar-refractivity contribution >= 4 is 0 Å².